The van der Waals surface area contributed by atoms with Gasteiger partial charge in [-0.2, -0.15) is 0 Å². The molecule has 3 aromatic rings. The van der Waals surface area contributed by atoms with E-state index in [2.05, 4.69) is 22.2 Å². The van der Waals surface area contributed by atoms with E-state index in [0.29, 0.717) is 29.5 Å². The number of hydrogen-bond donors (Lipinski definition) is 2. The first-order chi connectivity index (χ1) is 16.4. The number of rotatable bonds is 11. The number of esters is 1. The van der Waals surface area contributed by atoms with Gasteiger partial charge in [0.25, 0.3) is 5.91 Å². The number of nitrogens with zero attached hydrogens (tertiary/aromatic N) is 1. The van der Waals surface area contributed by atoms with E-state index in [9.17, 15) is 14.4 Å². The fourth-order valence-electron chi connectivity index (χ4n) is 2.64. The molecule has 0 bridgehead atoms. The number of carbonyl (C=O) groups excluding carboxylic acids is 3. The van der Waals surface area contributed by atoms with Gasteiger partial charge >= 0.3 is 12.1 Å². The third-order valence-electron chi connectivity index (χ3n) is 4.04. The maximum absolute atomic E-state index is 12.3. The lowest BCUT2D eigenvalue weighted by Crippen LogP contribution is -2.26. The molecule has 2 aromatic carbocycles. The van der Waals surface area contributed by atoms with Gasteiger partial charge in [0.05, 0.1) is 10.2 Å². The van der Waals surface area contributed by atoms with Crippen molar-refractivity contribution in [2.24, 2.45) is 0 Å². The van der Waals surface area contributed by atoms with E-state index < -0.39 is 12.1 Å². The summed E-state index contributed by atoms with van der Waals surface area (Å²) in [5.74, 6) is 0.814. The van der Waals surface area contributed by atoms with E-state index in [0.717, 1.165) is 14.6 Å². The van der Waals surface area contributed by atoms with Crippen LogP contribution in [0.2, 0.25) is 0 Å². The molecule has 2 amide bonds. The van der Waals surface area contributed by atoms with Crippen molar-refractivity contribution in [1.82, 2.24) is 10.3 Å². The van der Waals surface area contributed by atoms with Gasteiger partial charge in [-0.05, 0) is 42.5 Å². The fourth-order valence-corrected chi connectivity index (χ4v) is 4.67. The van der Waals surface area contributed by atoms with Crippen molar-refractivity contribution < 1.29 is 28.6 Å². The van der Waals surface area contributed by atoms with Crippen molar-refractivity contribution in [3.63, 3.8) is 0 Å². The fraction of sp³-hybridized carbons (Fsp3) is 0.217. The average Bonchev–Trinajstić information content (AvgIpc) is 3.22. The summed E-state index contributed by atoms with van der Waals surface area (Å²) in [6, 6.07) is 11.9. The predicted molar refractivity (Wildman–Crippen MR) is 132 cm³/mol. The van der Waals surface area contributed by atoms with Crippen LogP contribution in [0.1, 0.15) is 6.92 Å². The molecule has 11 heteroatoms. The number of thioether (sulfide) groups is 1. The van der Waals surface area contributed by atoms with Crippen molar-refractivity contribution in [1.29, 1.82) is 0 Å². The molecule has 0 atom stereocenters. The van der Waals surface area contributed by atoms with Crippen LogP contribution in [-0.4, -0.2) is 48.5 Å². The van der Waals surface area contributed by atoms with E-state index in [-0.39, 0.29) is 19.1 Å². The number of amides is 2. The summed E-state index contributed by atoms with van der Waals surface area (Å²) < 4.78 is 17.1. The standard InChI is InChI=1S/C23H23N3O6S2/c1-3-11-30-22(29)24-10-12-33-23-26-19-9-4-16(13-20(19)34-23)25-21(28)14-31-17-5-7-18(8-6-17)32-15(2)27/h3-9,13H,1,10-12,14H2,2H3,(H,24,29)(H,25,28). The Bertz CT molecular complexity index is 1160. The Morgan fingerprint density at radius 1 is 1.15 bits per heavy atom. The quantitative estimate of drug-likeness (QED) is 0.132. The van der Waals surface area contributed by atoms with Crippen LogP contribution >= 0.6 is 23.1 Å². The Morgan fingerprint density at radius 3 is 2.65 bits per heavy atom. The average molecular weight is 502 g/mol. The van der Waals surface area contributed by atoms with Gasteiger partial charge in [0.1, 0.15) is 18.1 Å². The number of fused-ring (bicyclic) bond motifs is 1. The zero-order valence-electron chi connectivity index (χ0n) is 18.4. The highest BCUT2D eigenvalue weighted by molar-refractivity contribution is 8.01. The number of carbonyl (C=O) groups is 3. The van der Waals surface area contributed by atoms with E-state index in [1.54, 1.807) is 30.3 Å². The Hall–Kier alpha value is -3.57. The smallest absolute Gasteiger partial charge is 0.407 e. The van der Waals surface area contributed by atoms with Gasteiger partial charge in [-0.3, -0.25) is 9.59 Å². The van der Waals surface area contributed by atoms with E-state index in [4.69, 9.17) is 14.2 Å². The molecule has 0 aliphatic heterocycles. The molecule has 0 fully saturated rings. The van der Waals surface area contributed by atoms with Gasteiger partial charge in [-0.25, -0.2) is 9.78 Å². The van der Waals surface area contributed by atoms with Gasteiger partial charge in [0, 0.05) is 24.9 Å². The van der Waals surface area contributed by atoms with Crippen LogP contribution < -0.4 is 20.1 Å². The number of ether oxygens (including phenoxy) is 3. The van der Waals surface area contributed by atoms with Crippen LogP contribution in [0.4, 0.5) is 10.5 Å². The number of benzene rings is 2. The summed E-state index contributed by atoms with van der Waals surface area (Å²) in [7, 11) is 0. The first-order valence-electron chi connectivity index (χ1n) is 10.2. The third-order valence-corrected chi connectivity index (χ3v) is 6.20. The highest BCUT2D eigenvalue weighted by Gasteiger charge is 2.09. The monoisotopic (exact) mass is 501 g/mol. The van der Waals surface area contributed by atoms with Crippen LogP contribution in [0.15, 0.2) is 59.5 Å². The van der Waals surface area contributed by atoms with Crippen LogP contribution in [0.3, 0.4) is 0 Å². The molecule has 34 heavy (non-hydrogen) atoms. The van der Waals surface area contributed by atoms with Gasteiger partial charge in [-0.1, -0.05) is 24.4 Å². The highest BCUT2D eigenvalue weighted by Crippen LogP contribution is 2.31. The molecule has 0 aliphatic carbocycles. The molecule has 0 unspecified atom stereocenters. The molecule has 9 nitrogen and oxygen atoms in total. The highest BCUT2D eigenvalue weighted by atomic mass is 32.2. The second-order valence-corrected chi connectivity index (χ2v) is 9.10. The SMILES string of the molecule is C=CCOC(=O)NCCSc1nc2ccc(NC(=O)COc3ccc(OC(C)=O)cc3)cc2s1. The number of thiazole rings is 1. The molecule has 0 aliphatic rings. The molecule has 1 aromatic heterocycles. The number of hydrogen-bond acceptors (Lipinski definition) is 9. The number of alkyl carbamates (subject to hydrolysis) is 1. The summed E-state index contributed by atoms with van der Waals surface area (Å²) in [5, 5.41) is 5.46. The second kappa shape index (κ2) is 12.6. The molecule has 1 heterocycles. The molecular formula is C23H23N3O6S2. The first-order valence-corrected chi connectivity index (χ1v) is 12.0. The van der Waals surface area contributed by atoms with Crippen molar-refractivity contribution >= 4 is 57.0 Å². The van der Waals surface area contributed by atoms with Crippen LogP contribution in [-0.2, 0) is 14.3 Å². The maximum Gasteiger partial charge on any atom is 0.407 e. The summed E-state index contributed by atoms with van der Waals surface area (Å²) in [5.41, 5.74) is 1.46. The lowest BCUT2D eigenvalue weighted by atomic mass is 10.3. The van der Waals surface area contributed by atoms with Crippen LogP contribution in [0.5, 0.6) is 11.5 Å². The van der Waals surface area contributed by atoms with Gasteiger partial charge in [0.15, 0.2) is 10.9 Å². The number of aromatic nitrogens is 1. The zero-order chi connectivity index (χ0) is 24.3. The lowest BCUT2D eigenvalue weighted by Gasteiger charge is -2.08. The number of nitrogens with one attached hydrogen (secondary N) is 2. The van der Waals surface area contributed by atoms with E-state index in [1.165, 1.54) is 36.1 Å². The largest absolute Gasteiger partial charge is 0.484 e. The van der Waals surface area contributed by atoms with E-state index in [1.807, 2.05) is 12.1 Å². The summed E-state index contributed by atoms with van der Waals surface area (Å²) >= 11 is 3.03. The minimum Gasteiger partial charge on any atom is -0.484 e. The topological polar surface area (TPSA) is 116 Å². The molecule has 2 N–H and O–H groups in total. The normalized spacial score (nSPS) is 10.4. The minimum atomic E-state index is -0.479. The third kappa shape index (κ3) is 8.09. The lowest BCUT2D eigenvalue weighted by molar-refractivity contribution is -0.131. The van der Waals surface area contributed by atoms with Crippen molar-refractivity contribution in [3.05, 3.63) is 55.1 Å². The molecule has 0 spiro atoms. The van der Waals surface area contributed by atoms with Crippen LogP contribution in [0, 0.1) is 0 Å². The predicted octanol–water partition coefficient (Wildman–Crippen LogP) is 4.24. The summed E-state index contributed by atoms with van der Waals surface area (Å²) in [6.07, 6.45) is 1.03. The van der Waals surface area contributed by atoms with Gasteiger partial charge in [0.2, 0.25) is 0 Å². The zero-order valence-corrected chi connectivity index (χ0v) is 20.0. The Morgan fingerprint density at radius 2 is 1.91 bits per heavy atom. The first kappa shape index (κ1) is 25.1. The Balaban J connectivity index is 1.45. The molecule has 0 saturated heterocycles. The summed E-state index contributed by atoms with van der Waals surface area (Å²) in [4.78, 5) is 39.2. The van der Waals surface area contributed by atoms with Crippen molar-refractivity contribution in [2.75, 3.05) is 30.8 Å². The second-order valence-electron chi connectivity index (χ2n) is 6.73. The minimum absolute atomic E-state index is 0.170. The van der Waals surface area contributed by atoms with Crippen molar-refractivity contribution in [3.8, 4) is 11.5 Å². The molecule has 0 saturated carbocycles. The molecule has 0 radical (unpaired) electrons. The van der Waals surface area contributed by atoms with Crippen molar-refractivity contribution in [2.45, 2.75) is 11.3 Å². The number of anilines is 1. The van der Waals surface area contributed by atoms with E-state index >= 15 is 0 Å². The van der Waals surface area contributed by atoms with Gasteiger partial charge < -0.3 is 24.8 Å². The molecule has 3 rings (SSSR count). The van der Waals surface area contributed by atoms with Crippen LogP contribution in [0.25, 0.3) is 10.2 Å². The Labute approximate surface area is 204 Å². The van der Waals surface area contributed by atoms with Gasteiger partial charge in [-0.15, -0.1) is 11.3 Å². The Kier molecular flexibility index (Phi) is 9.30. The maximum atomic E-state index is 12.3. The molecular weight excluding hydrogens is 478 g/mol. The summed E-state index contributed by atoms with van der Waals surface area (Å²) in [6.45, 7) is 5.26. The molecule has 178 valence electrons.